The van der Waals surface area contributed by atoms with Crippen LogP contribution in [0, 0.1) is 17.8 Å². The first kappa shape index (κ1) is 28.1. The summed E-state index contributed by atoms with van der Waals surface area (Å²) in [7, 11) is 0. The molecule has 11 nitrogen and oxygen atoms in total. The third-order valence-corrected chi connectivity index (χ3v) is 7.78. The van der Waals surface area contributed by atoms with Crippen molar-refractivity contribution in [3.8, 4) is 0 Å². The van der Waals surface area contributed by atoms with Crippen LogP contribution in [-0.2, 0) is 20.9 Å². The Bertz CT molecular complexity index is 1290. The van der Waals surface area contributed by atoms with Crippen molar-refractivity contribution < 1.29 is 36.5 Å². The van der Waals surface area contributed by atoms with Crippen LogP contribution < -0.4 is 16.1 Å². The number of amides is 2. The van der Waals surface area contributed by atoms with Gasteiger partial charge in [0, 0.05) is 31.7 Å². The fourth-order valence-electron chi connectivity index (χ4n) is 5.44. The van der Waals surface area contributed by atoms with Gasteiger partial charge in [0.15, 0.2) is 5.71 Å². The van der Waals surface area contributed by atoms with Crippen molar-refractivity contribution in [2.45, 2.75) is 76.1 Å². The fourth-order valence-corrected chi connectivity index (χ4v) is 5.44. The third kappa shape index (κ3) is 6.00. The lowest BCUT2D eigenvalue weighted by Gasteiger charge is -2.33. The molecule has 3 N–H and O–H groups in total. The van der Waals surface area contributed by atoms with Gasteiger partial charge in [-0.1, -0.05) is 12.1 Å². The van der Waals surface area contributed by atoms with Crippen molar-refractivity contribution in [2.24, 2.45) is 22.9 Å². The highest BCUT2D eigenvalue weighted by atomic mass is 19.4. The normalized spacial score (nSPS) is 26.2. The lowest BCUT2D eigenvalue weighted by molar-refractivity contribution is -0.183. The Morgan fingerprint density at radius 1 is 1.30 bits per heavy atom. The minimum Gasteiger partial charge on any atom is -0.355 e. The molecule has 0 spiro atoms. The fraction of sp³-hybridized carbons (Fsp3) is 0.667. The summed E-state index contributed by atoms with van der Waals surface area (Å²) in [6.45, 7) is 1.38. The van der Waals surface area contributed by atoms with Gasteiger partial charge in [0.25, 0.3) is 11.7 Å². The van der Waals surface area contributed by atoms with E-state index in [1.54, 1.807) is 0 Å². The van der Waals surface area contributed by atoms with Gasteiger partial charge in [-0.05, 0) is 31.6 Å². The zero-order valence-corrected chi connectivity index (χ0v) is 21.5. The van der Waals surface area contributed by atoms with Crippen LogP contribution in [0.1, 0.15) is 62.9 Å². The first-order chi connectivity index (χ1) is 18.9. The van der Waals surface area contributed by atoms with Crippen LogP contribution in [0.25, 0.3) is 5.78 Å². The maximum absolute atomic E-state index is 13.9. The summed E-state index contributed by atoms with van der Waals surface area (Å²) < 4.78 is 68.8. The molecule has 5 rings (SSSR count). The van der Waals surface area contributed by atoms with Crippen LogP contribution in [-0.4, -0.2) is 61.8 Å². The van der Waals surface area contributed by atoms with E-state index in [2.05, 4.69) is 36.3 Å². The summed E-state index contributed by atoms with van der Waals surface area (Å²) in [5.74, 6) is -6.56. The van der Waals surface area contributed by atoms with Crippen molar-refractivity contribution in [2.75, 3.05) is 6.54 Å². The van der Waals surface area contributed by atoms with Crippen LogP contribution in [0.5, 0.6) is 0 Å². The van der Waals surface area contributed by atoms with Gasteiger partial charge in [0.2, 0.25) is 11.8 Å². The van der Waals surface area contributed by atoms with E-state index in [1.165, 1.54) is 16.9 Å². The van der Waals surface area contributed by atoms with Crippen LogP contribution in [0.2, 0.25) is 0 Å². The Balaban J connectivity index is 1.38. The minimum atomic E-state index is -4.42. The molecule has 4 unspecified atom stereocenters. The molecule has 218 valence electrons. The van der Waals surface area contributed by atoms with Gasteiger partial charge < -0.3 is 10.6 Å². The number of halogens is 5. The third-order valence-electron chi connectivity index (χ3n) is 7.78. The first-order valence-electron chi connectivity index (χ1n) is 13.2. The second-order valence-corrected chi connectivity index (χ2v) is 10.6. The van der Waals surface area contributed by atoms with Crippen LogP contribution in [0.4, 0.5) is 22.0 Å². The number of hydrogen-bond donors (Lipinski definition) is 3. The second-order valence-electron chi connectivity index (χ2n) is 10.6. The van der Waals surface area contributed by atoms with Crippen molar-refractivity contribution in [1.29, 1.82) is 0 Å². The van der Waals surface area contributed by atoms with Crippen LogP contribution in [0.3, 0.4) is 0 Å². The zero-order valence-electron chi connectivity index (χ0n) is 21.5. The van der Waals surface area contributed by atoms with Crippen molar-refractivity contribution >= 4 is 23.3 Å². The van der Waals surface area contributed by atoms with Gasteiger partial charge in [0.05, 0.1) is 41.8 Å². The maximum atomic E-state index is 13.9. The molecule has 2 aromatic heterocycles. The molecule has 2 fully saturated rings. The monoisotopic (exact) mass is 572 g/mol. The van der Waals surface area contributed by atoms with Crippen LogP contribution in [0.15, 0.2) is 17.5 Å². The minimum absolute atomic E-state index is 0.0576. The largest absolute Gasteiger partial charge is 0.393 e. The SMILES string of the molecule is CCC1NON=C1C(=O)NC(c1cn2nc(CC3CC(C(F)(F)F)CNC3=O)cnc2n1)C1CCC(F)(F)CC1. The number of hydrogen-bond acceptors (Lipinski definition) is 8. The molecule has 0 aromatic carbocycles. The topological polar surface area (TPSA) is 135 Å². The molecule has 4 atom stereocenters. The molecule has 1 saturated heterocycles. The van der Waals surface area contributed by atoms with Gasteiger partial charge in [-0.15, -0.1) is 5.48 Å². The van der Waals surface area contributed by atoms with Crippen molar-refractivity contribution in [3.63, 3.8) is 0 Å². The number of piperidine rings is 1. The van der Waals surface area contributed by atoms with E-state index in [1.807, 2.05) is 6.92 Å². The molecule has 4 heterocycles. The second kappa shape index (κ2) is 10.9. The Morgan fingerprint density at radius 3 is 2.75 bits per heavy atom. The van der Waals surface area contributed by atoms with Crippen molar-refractivity contribution in [3.05, 3.63) is 23.8 Å². The predicted molar refractivity (Wildman–Crippen MR) is 129 cm³/mol. The Morgan fingerprint density at radius 2 is 2.05 bits per heavy atom. The van der Waals surface area contributed by atoms with E-state index in [0.29, 0.717) is 12.1 Å². The lowest BCUT2D eigenvalue weighted by Crippen LogP contribution is -2.47. The summed E-state index contributed by atoms with van der Waals surface area (Å²) in [5.41, 5.74) is 3.37. The molecule has 3 aliphatic rings. The predicted octanol–water partition coefficient (Wildman–Crippen LogP) is 2.63. The van der Waals surface area contributed by atoms with Gasteiger partial charge in [-0.3, -0.25) is 14.5 Å². The zero-order chi connectivity index (χ0) is 28.7. The molecule has 2 aromatic rings. The number of carbonyl (C=O) groups excluding carboxylic acids is 2. The Labute approximate surface area is 225 Å². The molecular formula is C24H29F5N8O3. The van der Waals surface area contributed by atoms with E-state index < -0.39 is 54.4 Å². The number of oxime groups is 1. The van der Waals surface area contributed by atoms with E-state index in [4.69, 9.17) is 4.94 Å². The number of nitrogens with zero attached hydrogens (tertiary/aromatic N) is 5. The molecular weight excluding hydrogens is 543 g/mol. The number of alkyl halides is 5. The maximum Gasteiger partial charge on any atom is 0.393 e. The highest BCUT2D eigenvalue weighted by Crippen LogP contribution is 2.41. The van der Waals surface area contributed by atoms with E-state index >= 15 is 0 Å². The van der Waals surface area contributed by atoms with Crippen molar-refractivity contribution in [1.82, 2.24) is 35.7 Å². The summed E-state index contributed by atoms with van der Waals surface area (Å²) in [5, 5.41) is 13.3. The first-order valence-corrected chi connectivity index (χ1v) is 13.2. The van der Waals surface area contributed by atoms with Gasteiger partial charge >= 0.3 is 6.18 Å². The molecule has 0 radical (unpaired) electrons. The van der Waals surface area contributed by atoms with E-state index in [0.717, 1.165) is 0 Å². The van der Waals surface area contributed by atoms with E-state index in [9.17, 15) is 31.5 Å². The van der Waals surface area contributed by atoms with Crippen LogP contribution >= 0.6 is 0 Å². The van der Waals surface area contributed by atoms with Gasteiger partial charge in [0.1, 0.15) is 0 Å². The number of carbonyl (C=O) groups is 2. The molecule has 1 saturated carbocycles. The average molecular weight is 573 g/mol. The summed E-state index contributed by atoms with van der Waals surface area (Å²) >= 11 is 0. The molecule has 2 amide bonds. The molecule has 1 aliphatic carbocycles. The molecule has 2 aliphatic heterocycles. The highest BCUT2D eigenvalue weighted by molar-refractivity contribution is 6.41. The number of aromatic nitrogens is 4. The quantitative estimate of drug-likeness (QED) is 0.434. The number of fused-ring (bicyclic) bond motifs is 1. The summed E-state index contributed by atoms with van der Waals surface area (Å²) in [6, 6.07) is -1.19. The number of nitrogens with one attached hydrogen (secondary N) is 3. The summed E-state index contributed by atoms with van der Waals surface area (Å²) in [6.07, 6.45) is -1.83. The standard InChI is InChI=1S/C24H29F5N8O3/c1-2-16-19(36-40-35-16)21(39)33-18(12-3-5-23(25,26)6-4-12)17-11-37-22(32-17)31-10-15(34-37)8-13-7-14(24(27,28)29)9-30-20(13)38/h10-14,16,18,35H,2-9H2,1H3,(H,30,38)(H,33,39). The number of rotatable bonds is 7. The molecule has 40 heavy (non-hydrogen) atoms. The number of imidazole rings is 1. The average Bonchev–Trinajstić information content (AvgIpc) is 3.55. The van der Waals surface area contributed by atoms with Gasteiger partial charge in [-0.25, -0.2) is 23.3 Å². The Hall–Kier alpha value is -3.43. The van der Waals surface area contributed by atoms with E-state index in [-0.39, 0.29) is 61.6 Å². The molecule has 16 heteroatoms. The molecule has 0 bridgehead atoms. The summed E-state index contributed by atoms with van der Waals surface area (Å²) in [4.78, 5) is 38.9. The Kier molecular flexibility index (Phi) is 7.63. The smallest absolute Gasteiger partial charge is 0.355 e. The highest BCUT2D eigenvalue weighted by Gasteiger charge is 2.45. The number of hydroxylamine groups is 1. The van der Waals surface area contributed by atoms with Gasteiger partial charge in [-0.2, -0.15) is 18.3 Å². The lowest BCUT2D eigenvalue weighted by atomic mass is 9.81.